The highest BCUT2D eigenvalue weighted by Crippen LogP contribution is 2.22. The minimum absolute atomic E-state index is 0.517. The molecule has 23 heavy (non-hydrogen) atoms. The van der Waals surface area contributed by atoms with Gasteiger partial charge in [0.25, 0.3) is 0 Å². The zero-order valence-corrected chi connectivity index (χ0v) is 15.1. The zero-order valence-electron chi connectivity index (χ0n) is 15.1. The number of nitrogens with one attached hydrogen (secondary N) is 2. The average molecular weight is 316 g/mol. The number of benzene rings is 1. The standard InChI is InChI=1S/C19H32N4/c1-5-11-21-19(20-4)22-13-18(15(2)3)23-12-10-16-8-6-7-9-17(16)14-23/h6-9,15,18H,5,10-14H2,1-4H3,(H2,20,21,22). The topological polar surface area (TPSA) is 39.7 Å². The molecule has 128 valence electrons. The van der Waals surface area contributed by atoms with Gasteiger partial charge in [-0.15, -0.1) is 0 Å². The first-order valence-electron chi connectivity index (χ1n) is 8.91. The van der Waals surface area contributed by atoms with Crippen LogP contribution in [0, 0.1) is 5.92 Å². The third-order valence-corrected chi connectivity index (χ3v) is 4.64. The summed E-state index contributed by atoms with van der Waals surface area (Å²) in [6.07, 6.45) is 2.26. The number of aliphatic imine (C=N–C) groups is 1. The third-order valence-electron chi connectivity index (χ3n) is 4.64. The number of hydrogen-bond donors (Lipinski definition) is 2. The minimum atomic E-state index is 0.517. The summed E-state index contributed by atoms with van der Waals surface area (Å²) >= 11 is 0. The summed E-state index contributed by atoms with van der Waals surface area (Å²) in [6, 6.07) is 9.37. The second-order valence-corrected chi connectivity index (χ2v) is 6.68. The monoisotopic (exact) mass is 316 g/mol. The van der Waals surface area contributed by atoms with Crippen molar-refractivity contribution in [3.05, 3.63) is 35.4 Å². The lowest BCUT2D eigenvalue weighted by molar-refractivity contribution is 0.140. The first kappa shape index (κ1) is 17.8. The number of rotatable bonds is 6. The quantitative estimate of drug-likeness (QED) is 0.626. The van der Waals surface area contributed by atoms with Gasteiger partial charge in [-0.05, 0) is 29.9 Å². The summed E-state index contributed by atoms with van der Waals surface area (Å²) in [7, 11) is 1.84. The van der Waals surface area contributed by atoms with Gasteiger partial charge in [0.05, 0.1) is 0 Å². The van der Waals surface area contributed by atoms with Crippen molar-refractivity contribution in [1.29, 1.82) is 0 Å². The second kappa shape index (κ2) is 8.92. The van der Waals surface area contributed by atoms with Gasteiger partial charge in [-0.25, -0.2) is 0 Å². The van der Waals surface area contributed by atoms with Crippen molar-refractivity contribution >= 4 is 5.96 Å². The van der Waals surface area contributed by atoms with Gasteiger partial charge < -0.3 is 10.6 Å². The van der Waals surface area contributed by atoms with Crippen molar-refractivity contribution in [2.75, 3.05) is 26.7 Å². The van der Waals surface area contributed by atoms with Gasteiger partial charge in [0, 0.05) is 39.3 Å². The summed E-state index contributed by atoms with van der Waals surface area (Å²) in [6.45, 7) is 10.9. The van der Waals surface area contributed by atoms with Crippen LogP contribution in [0.4, 0.5) is 0 Å². The molecule has 1 aliphatic heterocycles. The van der Waals surface area contributed by atoms with E-state index in [0.717, 1.165) is 45.0 Å². The van der Waals surface area contributed by atoms with E-state index in [1.54, 1.807) is 0 Å². The highest BCUT2D eigenvalue weighted by Gasteiger charge is 2.25. The maximum atomic E-state index is 4.31. The molecule has 1 aromatic carbocycles. The van der Waals surface area contributed by atoms with Gasteiger partial charge in [-0.1, -0.05) is 45.0 Å². The molecule has 1 heterocycles. The van der Waals surface area contributed by atoms with Gasteiger partial charge >= 0.3 is 0 Å². The van der Waals surface area contributed by atoms with Crippen molar-refractivity contribution < 1.29 is 0 Å². The molecule has 1 aromatic rings. The molecular formula is C19H32N4. The van der Waals surface area contributed by atoms with Crippen molar-refractivity contribution in [3.8, 4) is 0 Å². The maximum Gasteiger partial charge on any atom is 0.191 e. The van der Waals surface area contributed by atoms with E-state index in [0.29, 0.717) is 12.0 Å². The Bertz CT molecular complexity index is 510. The number of fused-ring (bicyclic) bond motifs is 1. The maximum absolute atomic E-state index is 4.31. The second-order valence-electron chi connectivity index (χ2n) is 6.68. The Labute approximate surface area is 141 Å². The highest BCUT2D eigenvalue weighted by atomic mass is 15.2. The van der Waals surface area contributed by atoms with Crippen LogP contribution in [0.2, 0.25) is 0 Å². The number of nitrogens with zero attached hydrogens (tertiary/aromatic N) is 2. The van der Waals surface area contributed by atoms with E-state index >= 15 is 0 Å². The molecule has 2 N–H and O–H groups in total. The smallest absolute Gasteiger partial charge is 0.191 e. The normalized spacial score (nSPS) is 17.0. The molecule has 0 saturated carbocycles. The van der Waals surface area contributed by atoms with Gasteiger partial charge in [-0.2, -0.15) is 0 Å². The fraction of sp³-hybridized carbons (Fsp3) is 0.632. The van der Waals surface area contributed by atoms with Crippen LogP contribution in [0.3, 0.4) is 0 Å². The van der Waals surface area contributed by atoms with Crippen LogP contribution in [-0.4, -0.2) is 43.6 Å². The highest BCUT2D eigenvalue weighted by molar-refractivity contribution is 5.79. The molecule has 0 radical (unpaired) electrons. The summed E-state index contributed by atoms with van der Waals surface area (Å²) in [5.41, 5.74) is 3.00. The molecule has 4 nitrogen and oxygen atoms in total. The molecule has 1 unspecified atom stereocenters. The Morgan fingerprint density at radius 2 is 1.96 bits per heavy atom. The fourth-order valence-electron chi connectivity index (χ4n) is 3.25. The zero-order chi connectivity index (χ0) is 16.7. The lowest BCUT2D eigenvalue weighted by Gasteiger charge is -2.38. The molecule has 0 saturated heterocycles. The predicted molar refractivity (Wildman–Crippen MR) is 98.8 cm³/mol. The Kier molecular flexibility index (Phi) is 6.90. The van der Waals surface area contributed by atoms with E-state index in [1.807, 2.05) is 7.05 Å². The molecule has 2 rings (SSSR count). The van der Waals surface area contributed by atoms with E-state index in [2.05, 4.69) is 65.6 Å². The molecule has 1 atom stereocenters. The Balaban J connectivity index is 1.97. The van der Waals surface area contributed by atoms with Crippen molar-refractivity contribution in [2.24, 2.45) is 10.9 Å². The molecule has 4 heteroatoms. The predicted octanol–water partition coefficient (Wildman–Crippen LogP) is 2.64. The van der Waals surface area contributed by atoms with Crippen molar-refractivity contribution in [2.45, 2.75) is 46.2 Å². The molecule has 1 aliphatic rings. The SMILES string of the molecule is CCCNC(=NC)NCC(C(C)C)N1CCc2ccccc2C1. The van der Waals surface area contributed by atoms with Crippen LogP contribution >= 0.6 is 0 Å². The van der Waals surface area contributed by atoms with Crippen LogP contribution in [0.1, 0.15) is 38.3 Å². The van der Waals surface area contributed by atoms with Crippen LogP contribution in [0.15, 0.2) is 29.3 Å². The molecule has 0 aromatic heterocycles. The molecule has 0 spiro atoms. The van der Waals surface area contributed by atoms with Crippen LogP contribution < -0.4 is 10.6 Å². The summed E-state index contributed by atoms with van der Waals surface area (Å²) in [5.74, 6) is 1.52. The Morgan fingerprint density at radius 3 is 2.61 bits per heavy atom. The summed E-state index contributed by atoms with van der Waals surface area (Å²) in [4.78, 5) is 6.93. The van der Waals surface area contributed by atoms with Crippen LogP contribution in [-0.2, 0) is 13.0 Å². The van der Waals surface area contributed by atoms with E-state index in [1.165, 1.54) is 11.1 Å². The summed E-state index contributed by atoms with van der Waals surface area (Å²) < 4.78 is 0. The summed E-state index contributed by atoms with van der Waals surface area (Å²) in [5, 5.41) is 6.86. The first-order valence-corrected chi connectivity index (χ1v) is 8.91. The first-order chi connectivity index (χ1) is 11.2. The molecule has 0 aliphatic carbocycles. The van der Waals surface area contributed by atoms with E-state index in [-0.39, 0.29) is 0 Å². The molecule has 0 fully saturated rings. The van der Waals surface area contributed by atoms with Crippen molar-refractivity contribution in [3.63, 3.8) is 0 Å². The van der Waals surface area contributed by atoms with Gasteiger partial charge in [0.15, 0.2) is 5.96 Å². The van der Waals surface area contributed by atoms with E-state index in [9.17, 15) is 0 Å². The third kappa shape index (κ3) is 4.96. The average Bonchev–Trinajstić information content (AvgIpc) is 2.57. The van der Waals surface area contributed by atoms with Crippen LogP contribution in [0.5, 0.6) is 0 Å². The molecular weight excluding hydrogens is 284 g/mol. The lowest BCUT2D eigenvalue weighted by atomic mass is 9.95. The van der Waals surface area contributed by atoms with Crippen LogP contribution in [0.25, 0.3) is 0 Å². The largest absolute Gasteiger partial charge is 0.356 e. The molecule has 0 bridgehead atoms. The van der Waals surface area contributed by atoms with Gasteiger partial charge in [-0.3, -0.25) is 9.89 Å². The lowest BCUT2D eigenvalue weighted by Crippen LogP contribution is -2.50. The number of guanidine groups is 1. The Morgan fingerprint density at radius 1 is 1.22 bits per heavy atom. The van der Waals surface area contributed by atoms with Gasteiger partial charge in [0.1, 0.15) is 0 Å². The van der Waals surface area contributed by atoms with Gasteiger partial charge in [0.2, 0.25) is 0 Å². The minimum Gasteiger partial charge on any atom is -0.356 e. The Hall–Kier alpha value is -1.55. The molecule has 0 amide bonds. The van der Waals surface area contributed by atoms with E-state index in [4.69, 9.17) is 0 Å². The van der Waals surface area contributed by atoms with E-state index < -0.39 is 0 Å². The fourth-order valence-corrected chi connectivity index (χ4v) is 3.25. The van der Waals surface area contributed by atoms with Crippen molar-refractivity contribution in [1.82, 2.24) is 15.5 Å². The number of hydrogen-bond acceptors (Lipinski definition) is 2.